The van der Waals surface area contributed by atoms with Crippen LogP contribution < -0.4 is 0 Å². The highest BCUT2D eigenvalue weighted by Gasteiger charge is 2.16. The van der Waals surface area contributed by atoms with Crippen LogP contribution in [0.25, 0.3) is 44.3 Å². The van der Waals surface area contributed by atoms with Crippen LogP contribution in [0.15, 0.2) is 71.3 Å². The number of hydrogen-bond acceptors (Lipinski definition) is 2. The molecule has 164 valence electrons. The van der Waals surface area contributed by atoms with E-state index >= 15 is 0 Å². The molecule has 0 amide bonds. The summed E-state index contributed by atoms with van der Waals surface area (Å²) in [5.74, 6) is 0.479. The normalized spacial score (nSPS) is 13.7. The van der Waals surface area contributed by atoms with Crippen molar-refractivity contribution in [2.24, 2.45) is 0 Å². The van der Waals surface area contributed by atoms with E-state index in [1.807, 2.05) is 6.20 Å². The van der Waals surface area contributed by atoms with Crippen molar-refractivity contribution in [1.82, 2.24) is 4.98 Å². The Hall–Kier alpha value is -3.39. The van der Waals surface area contributed by atoms with Gasteiger partial charge in [-0.3, -0.25) is 4.98 Å². The van der Waals surface area contributed by atoms with Gasteiger partial charge < -0.3 is 4.42 Å². The van der Waals surface area contributed by atoms with Crippen LogP contribution in [-0.2, 0) is 12.8 Å². The van der Waals surface area contributed by atoms with Gasteiger partial charge in [-0.1, -0.05) is 38.1 Å². The van der Waals surface area contributed by atoms with Crippen molar-refractivity contribution in [2.75, 3.05) is 0 Å². The van der Waals surface area contributed by atoms with Crippen molar-refractivity contribution < 1.29 is 4.42 Å². The summed E-state index contributed by atoms with van der Waals surface area (Å²) in [7, 11) is 0. The Labute approximate surface area is 195 Å². The molecule has 2 heterocycles. The Balaban J connectivity index is 1.46. The maximum absolute atomic E-state index is 6.31. The summed E-state index contributed by atoms with van der Waals surface area (Å²) < 4.78 is 6.31. The van der Waals surface area contributed by atoms with Crippen LogP contribution in [0, 0.1) is 6.92 Å². The third kappa shape index (κ3) is 3.45. The molecule has 33 heavy (non-hydrogen) atoms. The van der Waals surface area contributed by atoms with Crippen molar-refractivity contribution in [3.05, 3.63) is 89.1 Å². The SMILES string of the molecule is Cc1cnc(-c2ccc3oc4cc(-c5cccc6c5CCCC6)ccc4c3c2)cc1C(C)C. The molecule has 0 radical (unpaired) electrons. The molecule has 2 heteroatoms. The first-order valence-electron chi connectivity index (χ1n) is 12.1. The summed E-state index contributed by atoms with van der Waals surface area (Å²) in [6, 6.07) is 22.2. The highest BCUT2D eigenvalue weighted by atomic mass is 16.3. The first-order chi connectivity index (χ1) is 16.1. The molecule has 5 aromatic rings. The molecule has 0 fully saturated rings. The van der Waals surface area contributed by atoms with Gasteiger partial charge in [0.1, 0.15) is 11.2 Å². The van der Waals surface area contributed by atoms with E-state index in [1.165, 1.54) is 59.1 Å². The van der Waals surface area contributed by atoms with Crippen molar-refractivity contribution in [2.45, 2.75) is 52.4 Å². The zero-order chi connectivity index (χ0) is 22.5. The molecule has 0 bridgehead atoms. The summed E-state index contributed by atoms with van der Waals surface area (Å²) in [5, 5.41) is 2.31. The van der Waals surface area contributed by atoms with E-state index in [1.54, 1.807) is 0 Å². The molecule has 0 spiro atoms. The summed E-state index contributed by atoms with van der Waals surface area (Å²) in [5.41, 5.74) is 12.3. The number of furan rings is 1. The average Bonchev–Trinajstić information content (AvgIpc) is 3.21. The highest BCUT2D eigenvalue weighted by Crippen LogP contribution is 2.37. The maximum Gasteiger partial charge on any atom is 0.136 e. The molecule has 0 aliphatic heterocycles. The molecule has 1 aliphatic rings. The number of aryl methyl sites for hydroxylation is 2. The lowest BCUT2D eigenvalue weighted by molar-refractivity contribution is 0.669. The second-order valence-electron chi connectivity index (χ2n) is 9.76. The van der Waals surface area contributed by atoms with E-state index in [0.717, 1.165) is 33.2 Å². The quantitative estimate of drug-likeness (QED) is 0.286. The van der Waals surface area contributed by atoms with Gasteiger partial charge >= 0.3 is 0 Å². The number of nitrogens with zero attached hydrogens (tertiary/aromatic N) is 1. The van der Waals surface area contributed by atoms with Crippen LogP contribution >= 0.6 is 0 Å². The minimum Gasteiger partial charge on any atom is -0.456 e. The molecule has 0 N–H and O–H groups in total. The molecule has 0 saturated carbocycles. The molecule has 2 nitrogen and oxygen atoms in total. The molecule has 2 aromatic heterocycles. The predicted molar refractivity (Wildman–Crippen MR) is 138 cm³/mol. The Bertz CT molecular complexity index is 1500. The fourth-order valence-corrected chi connectivity index (χ4v) is 5.48. The molecule has 0 atom stereocenters. The van der Waals surface area contributed by atoms with Crippen LogP contribution in [0.1, 0.15) is 54.9 Å². The molecule has 1 aliphatic carbocycles. The summed E-state index contributed by atoms with van der Waals surface area (Å²) in [6.07, 6.45) is 6.95. The molecule has 0 saturated heterocycles. The Morgan fingerprint density at radius 2 is 1.67 bits per heavy atom. The Morgan fingerprint density at radius 3 is 2.55 bits per heavy atom. The maximum atomic E-state index is 6.31. The number of pyridine rings is 1. The Kier molecular flexibility index (Phi) is 4.83. The van der Waals surface area contributed by atoms with Crippen molar-refractivity contribution in [1.29, 1.82) is 0 Å². The summed E-state index contributed by atoms with van der Waals surface area (Å²) in [4.78, 5) is 4.73. The topological polar surface area (TPSA) is 26.0 Å². The number of fused-ring (bicyclic) bond motifs is 4. The van der Waals surface area contributed by atoms with Crippen molar-refractivity contribution in [3.8, 4) is 22.4 Å². The van der Waals surface area contributed by atoms with E-state index in [9.17, 15) is 0 Å². The summed E-state index contributed by atoms with van der Waals surface area (Å²) in [6.45, 7) is 6.61. The van der Waals surface area contributed by atoms with Gasteiger partial charge in [-0.15, -0.1) is 0 Å². The largest absolute Gasteiger partial charge is 0.456 e. The third-order valence-electron chi connectivity index (χ3n) is 7.24. The van der Waals surface area contributed by atoms with E-state index in [2.05, 4.69) is 81.4 Å². The van der Waals surface area contributed by atoms with Crippen molar-refractivity contribution >= 4 is 21.9 Å². The van der Waals surface area contributed by atoms with E-state index in [4.69, 9.17) is 9.40 Å². The number of rotatable bonds is 3. The number of hydrogen-bond donors (Lipinski definition) is 0. The number of aromatic nitrogens is 1. The highest BCUT2D eigenvalue weighted by molar-refractivity contribution is 6.07. The van der Waals surface area contributed by atoms with Gasteiger partial charge in [-0.25, -0.2) is 0 Å². The van der Waals surface area contributed by atoms with Gasteiger partial charge in [0.25, 0.3) is 0 Å². The fourth-order valence-electron chi connectivity index (χ4n) is 5.48. The van der Waals surface area contributed by atoms with Gasteiger partial charge in [0.05, 0.1) is 5.69 Å². The van der Waals surface area contributed by atoms with Gasteiger partial charge in [-0.2, -0.15) is 0 Å². The molecular formula is C31H29NO. The Morgan fingerprint density at radius 1 is 0.818 bits per heavy atom. The zero-order valence-corrected chi connectivity index (χ0v) is 19.6. The fraction of sp³-hybridized carbons (Fsp3) is 0.258. The summed E-state index contributed by atoms with van der Waals surface area (Å²) >= 11 is 0. The minimum atomic E-state index is 0.479. The lowest BCUT2D eigenvalue weighted by Crippen LogP contribution is -2.04. The van der Waals surface area contributed by atoms with Crippen LogP contribution in [0.3, 0.4) is 0 Å². The predicted octanol–water partition coefficient (Wildman–Crippen LogP) is 8.63. The van der Waals surface area contributed by atoms with E-state index in [-0.39, 0.29) is 0 Å². The molecular weight excluding hydrogens is 402 g/mol. The molecule has 0 unspecified atom stereocenters. The van der Waals surface area contributed by atoms with E-state index < -0.39 is 0 Å². The van der Waals surface area contributed by atoms with Crippen LogP contribution in [-0.4, -0.2) is 4.98 Å². The lowest BCUT2D eigenvalue weighted by Gasteiger charge is -2.19. The van der Waals surface area contributed by atoms with E-state index in [0.29, 0.717) is 5.92 Å². The van der Waals surface area contributed by atoms with Crippen molar-refractivity contribution in [3.63, 3.8) is 0 Å². The average molecular weight is 432 g/mol. The first kappa shape index (κ1) is 20.2. The minimum absolute atomic E-state index is 0.479. The van der Waals surface area contributed by atoms with Gasteiger partial charge in [0.2, 0.25) is 0 Å². The third-order valence-corrected chi connectivity index (χ3v) is 7.24. The second-order valence-corrected chi connectivity index (χ2v) is 9.76. The first-order valence-corrected chi connectivity index (χ1v) is 12.1. The van der Waals surface area contributed by atoms with Gasteiger partial charge in [-0.05, 0) is 108 Å². The second kappa shape index (κ2) is 7.88. The zero-order valence-electron chi connectivity index (χ0n) is 19.6. The van der Waals surface area contributed by atoms with Gasteiger partial charge in [0, 0.05) is 22.5 Å². The molecule has 6 rings (SSSR count). The van der Waals surface area contributed by atoms with Crippen LogP contribution in [0.4, 0.5) is 0 Å². The number of benzene rings is 3. The molecule has 3 aromatic carbocycles. The smallest absolute Gasteiger partial charge is 0.136 e. The standard InChI is InChI=1S/C31H29NO/c1-19(2)27-17-29(32-18-20(27)3)23-12-14-30-28(15-23)26-13-11-22(16-31(26)33-30)25-10-6-8-21-7-4-5-9-24(21)25/h6,8,10-19H,4-5,7,9H2,1-3H3. The van der Waals surface area contributed by atoms with Gasteiger partial charge in [0.15, 0.2) is 0 Å². The van der Waals surface area contributed by atoms with Crippen LogP contribution in [0.2, 0.25) is 0 Å². The van der Waals surface area contributed by atoms with Crippen LogP contribution in [0.5, 0.6) is 0 Å². The monoisotopic (exact) mass is 431 g/mol. The lowest BCUT2D eigenvalue weighted by atomic mass is 9.86.